The highest BCUT2D eigenvalue weighted by molar-refractivity contribution is 6.32. The molecule has 0 bridgehead atoms. The number of carbonyl (C=O) groups is 1. The van der Waals surface area contributed by atoms with Gasteiger partial charge in [0.15, 0.2) is 6.10 Å². The number of aliphatic carboxylic acids is 1. The molecular formula is C16H14Cl2O4. The van der Waals surface area contributed by atoms with Crippen LogP contribution in [0, 0.1) is 0 Å². The lowest BCUT2D eigenvalue weighted by atomic mass is 10.1. The number of benzene rings is 2. The Balaban J connectivity index is 2.13. The van der Waals surface area contributed by atoms with E-state index in [9.17, 15) is 9.90 Å². The molecule has 0 aliphatic heterocycles. The number of hydrogen-bond acceptors (Lipinski definition) is 3. The van der Waals surface area contributed by atoms with Crippen molar-refractivity contribution in [3.63, 3.8) is 0 Å². The van der Waals surface area contributed by atoms with Crippen molar-refractivity contribution in [3.05, 3.63) is 58.1 Å². The van der Waals surface area contributed by atoms with Gasteiger partial charge in [0, 0.05) is 11.4 Å². The summed E-state index contributed by atoms with van der Waals surface area (Å²) in [6, 6.07) is 11.6. The van der Waals surface area contributed by atoms with E-state index in [1.165, 1.54) is 7.11 Å². The highest BCUT2D eigenvalue weighted by Gasteiger charge is 2.20. The van der Waals surface area contributed by atoms with Crippen molar-refractivity contribution in [1.82, 2.24) is 0 Å². The monoisotopic (exact) mass is 340 g/mol. The van der Waals surface area contributed by atoms with Gasteiger partial charge in [0.25, 0.3) is 0 Å². The Labute approximate surface area is 138 Å². The second-order valence-electron chi connectivity index (χ2n) is 4.57. The number of halogens is 2. The maximum absolute atomic E-state index is 11.4. The predicted molar refractivity (Wildman–Crippen MR) is 85.2 cm³/mol. The van der Waals surface area contributed by atoms with Crippen LogP contribution >= 0.6 is 23.2 Å². The van der Waals surface area contributed by atoms with E-state index in [0.29, 0.717) is 21.5 Å². The molecule has 1 N–H and O–H groups in total. The summed E-state index contributed by atoms with van der Waals surface area (Å²) in [6.07, 6.45) is -0.840. The lowest BCUT2D eigenvalue weighted by molar-refractivity contribution is -0.145. The van der Waals surface area contributed by atoms with Gasteiger partial charge in [0.1, 0.15) is 11.5 Å². The Bertz CT molecular complexity index is 656. The molecule has 2 aromatic carbocycles. The zero-order chi connectivity index (χ0) is 16.1. The smallest absolute Gasteiger partial charge is 0.345 e. The van der Waals surface area contributed by atoms with E-state index in [0.717, 1.165) is 5.56 Å². The van der Waals surface area contributed by atoms with Crippen molar-refractivity contribution in [3.8, 4) is 11.5 Å². The highest BCUT2D eigenvalue weighted by Crippen LogP contribution is 2.26. The van der Waals surface area contributed by atoms with Gasteiger partial charge in [0.05, 0.1) is 12.1 Å². The van der Waals surface area contributed by atoms with Crippen LogP contribution in [0.5, 0.6) is 11.5 Å². The van der Waals surface area contributed by atoms with Gasteiger partial charge >= 0.3 is 5.97 Å². The van der Waals surface area contributed by atoms with Crippen molar-refractivity contribution in [2.75, 3.05) is 7.11 Å². The van der Waals surface area contributed by atoms with Crippen LogP contribution < -0.4 is 9.47 Å². The normalized spacial score (nSPS) is 11.8. The maximum atomic E-state index is 11.4. The molecule has 0 saturated heterocycles. The summed E-state index contributed by atoms with van der Waals surface area (Å²) < 4.78 is 10.6. The minimum absolute atomic E-state index is 0.182. The van der Waals surface area contributed by atoms with Crippen molar-refractivity contribution < 1.29 is 19.4 Å². The summed E-state index contributed by atoms with van der Waals surface area (Å²) in [7, 11) is 1.52. The van der Waals surface area contributed by atoms with E-state index in [1.54, 1.807) is 42.5 Å². The van der Waals surface area contributed by atoms with Gasteiger partial charge in [-0.25, -0.2) is 4.79 Å². The summed E-state index contributed by atoms with van der Waals surface area (Å²) in [5, 5.41) is 10.3. The fourth-order valence-electron chi connectivity index (χ4n) is 1.91. The van der Waals surface area contributed by atoms with Gasteiger partial charge in [-0.2, -0.15) is 0 Å². The fraction of sp³-hybridized carbons (Fsp3) is 0.188. The van der Waals surface area contributed by atoms with Crippen LogP contribution in [0.1, 0.15) is 5.56 Å². The van der Waals surface area contributed by atoms with E-state index in [1.807, 2.05) is 0 Å². The van der Waals surface area contributed by atoms with E-state index < -0.39 is 12.1 Å². The van der Waals surface area contributed by atoms with E-state index >= 15 is 0 Å². The molecule has 0 saturated carbocycles. The molecule has 22 heavy (non-hydrogen) atoms. The molecule has 0 fully saturated rings. The van der Waals surface area contributed by atoms with Crippen LogP contribution in [-0.4, -0.2) is 24.3 Å². The number of methoxy groups -OCH3 is 1. The van der Waals surface area contributed by atoms with Crippen LogP contribution in [0.15, 0.2) is 42.5 Å². The molecule has 0 radical (unpaired) electrons. The first-order chi connectivity index (χ1) is 10.5. The Kier molecular flexibility index (Phi) is 5.52. The Hall–Kier alpha value is -1.91. The van der Waals surface area contributed by atoms with Crippen LogP contribution in [0.3, 0.4) is 0 Å². The summed E-state index contributed by atoms with van der Waals surface area (Å²) in [5.74, 6) is -0.0748. The molecule has 2 rings (SSSR count). The number of rotatable bonds is 6. The first kappa shape index (κ1) is 16.5. The van der Waals surface area contributed by atoms with Crippen molar-refractivity contribution in [1.29, 1.82) is 0 Å². The Morgan fingerprint density at radius 3 is 2.41 bits per heavy atom. The van der Waals surface area contributed by atoms with Gasteiger partial charge < -0.3 is 14.6 Å². The number of carboxylic acids is 1. The molecule has 116 valence electrons. The number of hydrogen-bond donors (Lipinski definition) is 1. The molecule has 0 aromatic heterocycles. The third-order valence-corrected chi connectivity index (χ3v) is 3.55. The number of carboxylic acid groups (broad SMARTS) is 1. The van der Waals surface area contributed by atoms with Crippen LogP contribution in [0.2, 0.25) is 10.0 Å². The SMILES string of the molecule is COc1ccc(C[C@H](Oc2ccc(Cl)cc2)C(=O)O)cc1Cl. The molecule has 0 aliphatic carbocycles. The Morgan fingerprint density at radius 1 is 1.18 bits per heavy atom. The Morgan fingerprint density at radius 2 is 1.86 bits per heavy atom. The predicted octanol–water partition coefficient (Wildman–Crippen LogP) is 4.08. The summed E-state index contributed by atoms with van der Waals surface area (Å²) in [6.45, 7) is 0. The van der Waals surface area contributed by atoms with E-state index in [4.69, 9.17) is 32.7 Å². The van der Waals surface area contributed by atoms with Crippen LogP contribution in [-0.2, 0) is 11.2 Å². The molecule has 0 spiro atoms. The highest BCUT2D eigenvalue weighted by atomic mass is 35.5. The molecule has 4 nitrogen and oxygen atoms in total. The third-order valence-electron chi connectivity index (χ3n) is 3.00. The molecule has 0 aliphatic rings. The molecule has 0 amide bonds. The summed E-state index contributed by atoms with van der Waals surface area (Å²) in [4.78, 5) is 11.4. The molecular weight excluding hydrogens is 327 g/mol. The average molecular weight is 341 g/mol. The van der Waals surface area contributed by atoms with Gasteiger partial charge in [0.2, 0.25) is 0 Å². The average Bonchev–Trinajstić information content (AvgIpc) is 2.49. The fourth-order valence-corrected chi connectivity index (χ4v) is 2.31. The van der Waals surface area contributed by atoms with Gasteiger partial charge in [-0.1, -0.05) is 29.3 Å². The van der Waals surface area contributed by atoms with E-state index in [2.05, 4.69) is 0 Å². The summed E-state index contributed by atoms with van der Waals surface area (Å²) >= 11 is 11.8. The van der Waals surface area contributed by atoms with E-state index in [-0.39, 0.29) is 6.42 Å². The third kappa shape index (κ3) is 4.29. The standard InChI is InChI=1S/C16H14Cl2O4/c1-21-14-7-2-10(8-13(14)18)9-15(16(19)20)22-12-5-3-11(17)4-6-12/h2-8,15H,9H2,1H3,(H,19,20)/t15-/m0/s1. The van der Waals surface area contributed by atoms with Gasteiger partial charge in [-0.15, -0.1) is 0 Å². The van der Waals surface area contributed by atoms with Crippen LogP contribution in [0.25, 0.3) is 0 Å². The quantitative estimate of drug-likeness (QED) is 0.860. The minimum Gasteiger partial charge on any atom is -0.495 e. The van der Waals surface area contributed by atoms with Crippen molar-refractivity contribution >= 4 is 29.2 Å². The zero-order valence-corrected chi connectivity index (χ0v) is 13.3. The number of ether oxygens (including phenoxy) is 2. The molecule has 1 atom stereocenters. The summed E-state index contributed by atoms with van der Waals surface area (Å²) in [5.41, 5.74) is 0.743. The van der Waals surface area contributed by atoms with Gasteiger partial charge in [-0.3, -0.25) is 0 Å². The first-order valence-electron chi connectivity index (χ1n) is 6.47. The minimum atomic E-state index is -1.05. The molecule has 2 aromatic rings. The molecule has 0 heterocycles. The second kappa shape index (κ2) is 7.38. The van der Waals surface area contributed by atoms with Crippen molar-refractivity contribution in [2.45, 2.75) is 12.5 Å². The lowest BCUT2D eigenvalue weighted by Gasteiger charge is -2.16. The second-order valence-corrected chi connectivity index (χ2v) is 5.42. The van der Waals surface area contributed by atoms with Gasteiger partial charge in [-0.05, 0) is 42.0 Å². The molecule has 6 heteroatoms. The topological polar surface area (TPSA) is 55.8 Å². The largest absolute Gasteiger partial charge is 0.495 e. The maximum Gasteiger partial charge on any atom is 0.345 e. The van der Waals surface area contributed by atoms with Crippen molar-refractivity contribution in [2.24, 2.45) is 0 Å². The zero-order valence-electron chi connectivity index (χ0n) is 11.8. The lowest BCUT2D eigenvalue weighted by Crippen LogP contribution is -2.29. The molecule has 0 unspecified atom stereocenters. The van der Waals surface area contributed by atoms with Crippen LogP contribution in [0.4, 0.5) is 0 Å². The first-order valence-corrected chi connectivity index (χ1v) is 7.22.